The monoisotopic (exact) mass is 244 g/mol. The predicted octanol–water partition coefficient (Wildman–Crippen LogP) is 1.92. The Morgan fingerprint density at radius 3 is 2.71 bits per heavy atom. The summed E-state index contributed by atoms with van der Waals surface area (Å²) >= 11 is 0. The van der Waals surface area contributed by atoms with Gasteiger partial charge in [-0.05, 0) is 30.5 Å². The third-order valence-corrected chi connectivity index (χ3v) is 2.81. The van der Waals surface area contributed by atoms with Crippen LogP contribution in [0.1, 0.15) is 17.5 Å². The van der Waals surface area contributed by atoms with Gasteiger partial charge in [-0.25, -0.2) is 0 Å². The van der Waals surface area contributed by atoms with Gasteiger partial charge in [0.05, 0.1) is 5.56 Å². The third kappa shape index (κ3) is 2.35. The summed E-state index contributed by atoms with van der Waals surface area (Å²) in [6, 6.07) is 2.91. The number of hydrogen-bond donors (Lipinski definition) is 2. The van der Waals surface area contributed by atoms with Crippen LogP contribution in [-0.2, 0) is 17.4 Å². The fourth-order valence-corrected chi connectivity index (χ4v) is 1.88. The summed E-state index contributed by atoms with van der Waals surface area (Å²) in [5, 5.41) is 2.73. The number of primary amides is 1. The third-order valence-electron chi connectivity index (χ3n) is 2.81. The largest absolute Gasteiger partial charge is 0.416 e. The van der Waals surface area contributed by atoms with Crippen molar-refractivity contribution in [2.24, 2.45) is 5.73 Å². The summed E-state index contributed by atoms with van der Waals surface area (Å²) in [6.07, 6.45) is -3.32. The van der Waals surface area contributed by atoms with Gasteiger partial charge in [-0.3, -0.25) is 4.79 Å². The standard InChI is InChI=1S/C11H11F3N2O/c12-11(13,14)7-3-1-6-2-4-8(10(15)17)16-9(6)5-7/h1,3,5,8,16H,2,4H2,(H2,15,17). The van der Waals surface area contributed by atoms with E-state index >= 15 is 0 Å². The van der Waals surface area contributed by atoms with Crippen molar-refractivity contribution >= 4 is 11.6 Å². The lowest BCUT2D eigenvalue weighted by Crippen LogP contribution is -2.38. The van der Waals surface area contributed by atoms with Crippen LogP contribution in [0.3, 0.4) is 0 Å². The number of hydrogen-bond acceptors (Lipinski definition) is 2. The maximum absolute atomic E-state index is 12.5. The Labute approximate surface area is 95.8 Å². The zero-order valence-corrected chi connectivity index (χ0v) is 8.84. The Bertz CT molecular complexity index is 457. The van der Waals surface area contributed by atoms with Gasteiger partial charge in [0, 0.05) is 5.69 Å². The number of carbonyl (C=O) groups excluding carboxylic acids is 1. The van der Waals surface area contributed by atoms with Gasteiger partial charge < -0.3 is 11.1 Å². The minimum absolute atomic E-state index is 0.342. The quantitative estimate of drug-likeness (QED) is 0.793. The lowest BCUT2D eigenvalue weighted by Gasteiger charge is -2.25. The molecule has 1 aliphatic heterocycles. The number of alkyl halides is 3. The van der Waals surface area contributed by atoms with E-state index in [0.29, 0.717) is 18.5 Å². The van der Waals surface area contributed by atoms with Crippen LogP contribution in [-0.4, -0.2) is 11.9 Å². The van der Waals surface area contributed by atoms with E-state index in [1.54, 1.807) is 0 Å². The Balaban J connectivity index is 2.32. The number of nitrogens with one attached hydrogen (secondary N) is 1. The van der Waals surface area contributed by atoms with Crippen molar-refractivity contribution in [3.8, 4) is 0 Å². The van der Waals surface area contributed by atoms with Gasteiger partial charge in [-0.15, -0.1) is 0 Å². The molecular formula is C11H11F3N2O. The van der Waals surface area contributed by atoms with Crippen LogP contribution in [0.15, 0.2) is 18.2 Å². The van der Waals surface area contributed by atoms with Crippen molar-refractivity contribution in [2.45, 2.75) is 25.1 Å². The summed E-state index contributed by atoms with van der Waals surface area (Å²) in [4.78, 5) is 11.0. The minimum atomic E-state index is -4.38. The molecule has 1 aliphatic rings. The van der Waals surface area contributed by atoms with Crippen molar-refractivity contribution in [1.29, 1.82) is 0 Å². The van der Waals surface area contributed by atoms with Gasteiger partial charge >= 0.3 is 6.18 Å². The van der Waals surface area contributed by atoms with E-state index in [4.69, 9.17) is 5.73 Å². The predicted molar refractivity (Wildman–Crippen MR) is 56.4 cm³/mol. The minimum Gasteiger partial charge on any atom is -0.373 e. The van der Waals surface area contributed by atoms with Crippen molar-refractivity contribution in [3.63, 3.8) is 0 Å². The molecule has 0 aromatic heterocycles. The van der Waals surface area contributed by atoms with E-state index in [1.165, 1.54) is 6.07 Å². The van der Waals surface area contributed by atoms with Crippen molar-refractivity contribution in [1.82, 2.24) is 0 Å². The van der Waals surface area contributed by atoms with Crippen LogP contribution in [0.2, 0.25) is 0 Å². The summed E-state index contributed by atoms with van der Waals surface area (Å²) in [5.74, 6) is -0.548. The molecule has 0 saturated carbocycles. The molecule has 1 heterocycles. The molecule has 6 heteroatoms. The van der Waals surface area contributed by atoms with E-state index in [0.717, 1.165) is 17.7 Å². The smallest absolute Gasteiger partial charge is 0.373 e. The van der Waals surface area contributed by atoms with Gasteiger partial charge in [0.15, 0.2) is 0 Å². The number of carbonyl (C=O) groups is 1. The number of fused-ring (bicyclic) bond motifs is 1. The number of rotatable bonds is 1. The molecule has 0 aliphatic carbocycles. The van der Waals surface area contributed by atoms with E-state index in [1.807, 2.05) is 0 Å². The number of aryl methyl sites for hydroxylation is 1. The Morgan fingerprint density at radius 1 is 1.41 bits per heavy atom. The highest BCUT2D eigenvalue weighted by Gasteiger charge is 2.32. The number of halogens is 3. The first-order valence-corrected chi connectivity index (χ1v) is 5.14. The van der Waals surface area contributed by atoms with Crippen LogP contribution in [0.5, 0.6) is 0 Å². The Hall–Kier alpha value is -1.72. The fourth-order valence-electron chi connectivity index (χ4n) is 1.88. The summed E-state index contributed by atoms with van der Waals surface area (Å²) in [5.41, 5.74) is 5.51. The van der Waals surface area contributed by atoms with E-state index in [-0.39, 0.29) is 0 Å². The molecule has 3 N–H and O–H groups in total. The first kappa shape index (κ1) is 11.8. The molecule has 1 atom stereocenters. The summed E-state index contributed by atoms with van der Waals surface area (Å²) < 4.78 is 37.5. The van der Waals surface area contributed by atoms with Gasteiger partial charge in [0.2, 0.25) is 5.91 Å². The molecule has 17 heavy (non-hydrogen) atoms. The summed E-state index contributed by atoms with van der Waals surface area (Å²) in [7, 11) is 0. The molecule has 1 aromatic rings. The second kappa shape index (κ2) is 3.94. The molecule has 3 nitrogen and oxygen atoms in total. The summed E-state index contributed by atoms with van der Waals surface area (Å²) in [6.45, 7) is 0. The normalized spacial score (nSPS) is 19.4. The van der Waals surface area contributed by atoms with Crippen LogP contribution in [0.25, 0.3) is 0 Å². The highest BCUT2D eigenvalue weighted by atomic mass is 19.4. The Kier molecular flexibility index (Phi) is 2.73. The average Bonchev–Trinajstić information content (AvgIpc) is 2.26. The SMILES string of the molecule is NC(=O)C1CCc2ccc(C(F)(F)F)cc2N1. The van der Waals surface area contributed by atoms with Crippen molar-refractivity contribution < 1.29 is 18.0 Å². The van der Waals surface area contributed by atoms with Crippen molar-refractivity contribution in [3.05, 3.63) is 29.3 Å². The highest BCUT2D eigenvalue weighted by molar-refractivity contribution is 5.84. The maximum Gasteiger partial charge on any atom is 0.416 e. The molecule has 0 bridgehead atoms. The van der Waals surface area contributed by atoms with Gasteiger partial charge in [0.25, 0.3) is 0 Å². The molecule has 92 valence electrons. The second-order valence-electron chi connectivity index (χ2n) is 4.01. The van der Waals surface area contributed by atoms with Gasteiger partial charge in [-0.2, -0.15) is 13.2 Å². The molecule has 0 saturated heterocycles. The first-order chi connectivity index (χ1) is 7.88. The number of nitrogens with two attached hydrogens (primary N) is 1. The Morgan fingerprint density at radius 2 is 2.12 bits per heavy atom. The lowest BCUT2D eigenvalue weighted by atomic mass is 9.96. The van der Waals surface area contributed by atoms with Crippen molar-refractivity contribution in [2.75, 3.05) is 5.32 Å². The molecule has 1 unspecified atom stereocenters. The number of anilines is 1. The van der Waals surface area contributed by atoms with Crippen LogP contribution in [0, 0.1) is 0 Å². The topological polar surface area (TPSA) is 55.1 Å². The zero-order chi connectivity index (χ0) is 12.6. The first-order valence-electron chi connectivity index (χ1n) is 5.14. The lowest BCUT2D eigenvalue weighted by molar-refractivity contribution is -0.137. The molecule has 1 aromatic carbocycles. The number of benzene rings is 1. The van der Waals surface area contributed by atoms with E-state index in [2.05, 4.69) is 5.32 Å². The average molecular weight is 244 g/mol. The number of amides is 1. The van der Waals surface area contributed by atoms with Crippen LogP contribution >= 0.6 is 0 Å². The fraction of sp³-hybridized carbons (Fsp3) is 0.364. The second-order valence-corrected chi connectivity index (χ2v) is 4.01. The van der Waals surface area contributed by atoms with Gasteiger partial charge in [-0.1, -0.05) is 6.07 Å². The molecule has 1 amide bonds. The van der Waals surface area contributed by atoms with Crippen LogP contribution < -0.4 is 11.1 Å². The van der Waals surface area contributed by atoms with Gasteiger partial charge in [0.1, 0.15) is 6.04 Å². The van der Waals surface area contributed by atoms with E-state index in [9.17, 15) is 18.0 Å². The molecule has 0 spiro atoms. The van der Waals surface area contributed by atoms with Crippen LogP contribution in [0.4, 0.5) is 18.9 Å². The molecule has 0 fully saturated rings. The maximum atomic E-state index is 12.5. The highest BCUT2D eigenvalue weighted by Crippen LogP contribution is 2.34. The van der Waals surface area contributed by atoms with E-state index < -0.39 is 23.7 Å². The zero-order valence-electron chi connectivity index (χ0n) is 8.84. The molecular weight excluding hydrogens is 233 g/mol. The molecule has 2 rings (SSSR count). The molecule has 0 radical (unpaired) electrons.